The van der Waals surface area contributed by atoms with Gasteiger partial charge in [0.1, 0.15) is 19.3 Å². The van der Waals surface area contributed by atoms with E-state index in [0.29, 0.717) is 31.6 Å². The van der Waals surface area contributed by atoms with Crippen molar-refractivity contribution in [1.82, 2.24) is 0 Å². The third-order valence-corrected chi connectivity index (χ3v) is 20.8. The number of aliphatic hydroxyl groups is 1. The Balaban J connectivity index is 5.19. The van der Waals surface area contributed by atoms with Gasteiger partial charge in [0.25, 0.3) is 0 Å². The molecule has 4 unspecified atom stereocenters. The van der Waals surface area contributed by atoms with E-state index in [1.54, 1.807) is 0 Å². The summed E-state index contributed by atoms with van der Waals surface area (Å²) in [5.41, 5.74) is 0. The molecule has 0 rings (SSSR count). The first-order valence-electron chi connectivity index (χ1n) is 41.2. The van der Waals surface area contributed by atoms with E-state index in [2.05, 4.69) is 55.4 Å². The van der Waals surface area contributed by atoms with Crippen molar-refractivity contribution in [2.45, 2.75) is 427 Å². The number of phosphoric acid groups is 2. The molecule has 0 aliphatic rings. The van der Waals surface area contributed by atoms with Crippen LogP contribution in [0.2, 0.25) is 0 Å². The fourth-order valence-electron chi connectivity index (χ4n) is 12.2. The lowest BCUT2D eigenvalue weighted by molar-refractivity contribution is -0.161. The van der Waals surface area contributed by atoms with Gasteiger partial charge in [0, 0.05) is 25.7 Å². The molecule has 6 atom stereocenters. The Kier molecular flexibility index (Phi) is 67.8. The number of hydrogen-bond acceptors (Lipinski definition) is 15. The first-order valence-corrected chi connectivity index (χ1v) is 44.2. The lowest BCUT2D eigenvalue weighted by Crippen LogP contribution is -2.30. The maximum absolute atomic E-state index is 13.1. The molecule has 0 saturated heterocycles. The normalized spacial score (nSPS) is 14.3. The number of carbonyl (C=O) groups is 4. The summed E-state index contributed by atoms with van der Waals surface area (Å²) in [6.07, 6.45) is 55.7. The van der Waals surface area contributed by atoms with Gasteiger partial charge in [-0.1, -0.05) is 357 Å². The van der Waals surface area contributed by atoms with E-state index >= 15 is 0 Å². The van der Waals surface area contributed by atoms with Gasteiger partial charge in [0.2, 0.25) is 0 Å². The molecule has 0 heterocycles. The number of ether oxygens (including phenoxy) is 4. The van der Waals surface area contributed by atoms with Crippen LogP contribution in [0.4, 0.5) is 0 Å². The minimum absolute atomic E-state index is 0.103. The van der Waals surface area contributed by atoms with Crippen molar-refractivity contribution < 1.29 is 80.2 Å². The molecule has 0 spiro atoms. The van der Waals surface area contributed by atoms with Gasteiger partial charge in [-0.25, -0.2) is 9.13 Å². The molecular formula is C80H156O17P2. The minimum atomic E-state index is -4.96. The summed E-state index contributed by atoms with van der Waals surface area (Å²) in [4.78, 5) is 72.9. The molecule has 17 nitrogen and oxygen atoms in total. The van der Waals surface area contributed by atoms with Crippen molar-refractivity contribution in [2.24, 2.45) is 23.7 Å². The monoisotopic (exact) mass is 1450 g/mol. The predicted octanol–water partition coefficient (Wildman–Crippen LogP) is 23.6. The van der Waals surface area contributed by atoms with Crippen LogP contribution in [0.5, 0.6) is 0 Å². The Morgan fingerprint density at radius 1 is 0.283 bits per heavy atom. The summed E-state index contributed by atoms with van der Waals surface area (Å²) in [5, 5.41) is 10.6. The summed E-state index contributed by atoms with van der Waals surface area (Å²) in [6, 6.07) is 0. The number of esters is 4. The standard InChI is InChI=1S/C80H156O17P2/c1-9-73(8)59-51-43-35-26-22-18-14-12-10-11-13-15-19-23-27-36-44-52-60-77(82)90-66-75(96-79(84)62-54-46-37-28-24-20-16-17-21-25-32-40-48-56-70(2)3)68-94-98(86,87)92-64-74(81)65-93-99(88,89)95-69-76(67-91-78(83)61-53-45-39-31-34-42-50-58-72(6)7)97-80(85)63-55-47-38-30-29-33-41-49-57-71(4)5/h70-76,81H,9-69H2,1-8H3,(H,86,87)(H,88,89)/t73?,74?,75-,76-/m1/s1. The highest BCUT2D eigenvalue weighted by Gasteiger charge is 2.30. The van der Waals surface area contributed by atoms with Gasteiger partial charge in [-0.2, -0.15) is 0 Å². The first-order chi connectivity index (χ1) is 47.6. The van der Waals surface area contributed by atoms with E-state index in [-0.39, 0.29) is 25.7 Å². The number of phosphoric ester groups is 2. The fourth-order valence-corrected chi connectivity index (χ4v) is 13.8. The van der Waals surface area contributed by atoms with Crippen molar-refractivity contribution in [2.75, 3.05) is 39.6 Å². The lowest BCUT2D eigenvalue weighted by atomic mass is 9.99. The average molecular weight is 1450 g/mol. The second-order valence-electron chi connectivity index (χ2n) is 30.5. The van der Waals surface area contributed by atoms with Gasteiger partial charge in [0.05, 0.1) is 26.4 Å². The molecule has 0 aromatic heterocycles. The quantitative estimate of drug-likeness (QED) is 0.0222. The molecule has 0 aliphatic carbocycles. The maximum Gasteiger partial charge on any atom is 0.472 e. The van der Waals surface area contributed by atoms with E-state index in [0.717, 1.165) is 114 Å². The number of hydrogen-bond donors (Lipinski definition) is 3. The van der Waals surface area contributed by atoms with Gasteiger partial charge in [-0.15, -0.1) is 0 Å². The highest BCUT2D eigenvalue weighted by atomic mass is 31.2. The Labute approximate surface area is 607 Å². The van der Waals surface area contributed by atoms with Crippen molar-refractivity contribution >= 4 is 39.5 Å². The Hall–Kier alpha value is -1.94. The number of aliphatic hydroxyl groups excluding tert-OH is 1. The lowest BCUT2D eigenvalue weighted by Gasteiger charge is -2.21. The van der Waals surface area contributed by atoms with E-state index < -0.39 is 97.5 Å². The zero-order valence-electron chi connectivity index (χ0n) is 65.1. The third kappa shape index (κ3) is 72.8. The summed E-state index contributed by atoms with van der Waals surface area (Å²) < 4.78 is 68.6. The van der Waals surface area contributed by atoms with Crippen LogP contribution in [0, 0.1) is 23.7 Å². The van der Waals surface area contributed by atoms with Gasteiger partial charge in [-0.05, 0) is 49.4 Å². The van der Waals surface area contributed by atoms with E-state index in [1.807, 2.05) is 0 Å². The zero-order valence-corrected chi connectivity index (χ0v) is 66.9. The predicted molar refractivity (Wildman–Crippen MR) is 404 cm³/mol. The second kappa shape index (κ2) is 69.1. The van der Waals surface area contributed by atoms with Crippen LogP contribution in [0.3, 0.4) is 0 Å². The fraction of sp³-hybridized carbons (Fsp3) is 0.950. The average Bonchev–Trinajstić information content (AvgIpc) is 1.01. The third-order valence-electron chi connectivity index (χ3n) is 18.9. The Morgan fingerprint density at radius 2 is 0.485 bits per heavy atom. The van der Waals surface area contributed by atoms with Crippen LogP contribution >= 0.6 is 15.6 Å². The molecule has 99 heavy (non-hydrogen) atoms. The maximum atomic E-state index is 13.1. The number of unbranched alkanes of at least 4 members (excludes halogenated alkanes) is 42. The number of rotatable bonds is 77. The first kappa shape index (κ1) is 97.1. The van der Waals surface area contributed by atoms with Gasteiger partial charge in [0.15, 0.2) is 12.2 Å². The van der Waals surface area contributed by atoms with Crippen LogP contribution in [0.15, 0.2) is 0 Å². The van der Waals surface area contributed by atoms with Crippen molar-refractivity contribution in [3.63, 3.8) is 0 Å². The highest BCUT2D eigenvalue weighted by Crippen LogP contribution is 2.45. The molecule has 0 aromatic carbocycles. The Morgan fingerprint density at radius 3 is 0.717 bits per heavy atom. The second-order valence-corrected chi connectivity index (χ2v) is 33.4. The molecule has 0 aromatic rings. The van der Waals surface area contributed by atoms with Gasteiger partial charge >= 0.3 is 39.5 Å². The molecule has 0 bridgehead atoms. The van der Waals surface area contributed by atoms with Crippen LogP contribution in [0.1, 0.15) is 409 Å². The van der Waals surface area contributed by atoms with Crippen LogP contribution in [-0.4, -0.2) is 96.7 Å². The summed E-state index contributed by atoms with van der Waals surface area (Å²) in [5.74, 6) is 0.965. The molecule has 588 valence electrons. The summed E-state index contributed by atoms with van der Waals surface area (Å²) in [7, 11) is -9.92. The molecule has 0 saturated carbocycles. The molecular weight excluding hydrogens is 1290 g/mol. The molecule has 3 N–H and O–H groups in total. The van der Waals surface area contributed by atoms with Crippen LogP contribution < -0.4 is 0 Å². The SMILES string of the molecule is CCC(C)CCCCCCCCCCCCCCCCCCCCC(=O)OC[C@H](COP(=O)(O)OCC(O)COP(=O)(O)OC[C@@H](COC(=O)CCCCCCCCCC(C)C)OC(=O)CCCCCCCCCCC(C)C)OC(=O)CCCCCCCCCCCCCCCC(C)C. The smallest absolute Gasteiger partial charge is 0.462 e. The minimum Gasteiger partial charge on any atom is -0.462 e. The molecule has 0 radical (unpaired) electrons. The van der Waals surface area contributed by atoms with E-state index in [1.165, 1.54) is 205 Å². The largest absolute Gasteiger partial charge is 0.472 e. The molecule has 0 amide bonds. The van der Waals surface area contributed by atoms with Crippen molar-refractivity contribution in [3.8, 4) is 0 Å². The summed E-state index contributed by atoms with van der Waals surface area (Å²) >= 11 is 0. The van der Waals surface area contributed by atoms with Gasteiger partial charge in [-0.3, -0.25) is 37.3 Å². The highest BCUT2D eigenvalue weighted by molar-refractivity contribution is 7.47. The van der Waals surface area contributed by atoms with E-state index in [9.17, 15) is 43.2 Å². The van der Waals surface area contributed by atoms with Gasteiger partial charge < -0.3 is 33.8 Å². The molecule has 19 heteroatoms. The molecule has 0 aliphatic heterocycles. The topological polar surface area (TPSA) is 237 Å². The molecule has 0 fully saturated rings. The number of carbonyl (C=O) groups excluding carboxylic acids is 4. The van der Waals surface area contributed by atoms with E-state index in [4.69, 9.17) is 37.0 Å². The zero-order chi connectivity index (χ0) is 73.1. The van der Waals surface area contributed by atoms with Crippen LogP contribution in [-0.2, 0) is 65.4 Å². The van der Waals surface area contributed by atoms with Crippen LogP contribution in [0.25, 0.3) is 0 Å². The Bertz CT molecular complexity index is 1940. The van der Waals surface area contributed by atoms with Crippen molar-refractivity contribution in [1.29, 1.82) is 0 Å². The summed E-state index contributed by atoms with van der Waals surface area (Å²) in [6.45, 7) is 14.2. The van der Waals surface area contributed by atoms with Crippen molar-refractivity contribution in [3.05, 3.63) is 0 Å².